The number of methoxy groups -OCH3 is 1. The molecule has 1 saturated carbocycles. The summed E-state index contributed by atoms with van der Waals surface area (Å²) in [5, 5.41) is 0.764. The number of hydrogen-bond donors (Lipinski definition) is 1. The van der Waals surface area contributed by atoms with E-state index in [1.54, 1.807) is 7.11 Å². The molecule has 1 fully saturated rings. The summed E-state index contributed by atoms with van der Waals surface area (Å²) in [4.78, 5) is 0. The fourth-order valence-electron chi connectivity index (χ4n) is 2.89. The Morgan fingerprint density at radius 1 is 1.39 bits per heavy atom. The highest BCUT2D eigenvalue weighted by Gasteiger charge is 2.21. The number of ether oxygens (including phenoxy) is 1. The highest BCUT2D eigenvalue weighted by molar-refractivity contribution is 6.30. The van der Waals surface area contributed by atoms with Gasteiger partial charge in [0.25, 0.3) is 0 Å². The van der Waals surface area contributed by atoms with E-state index in [0.29, 0.717) is 6.04 Å². The molecular weight excluding hydrogens is 246 g/mol. The van der Waals surface area contributed by atoms with Gasteiger partial charge in [0, 0.05) is 11.1 Å². The van der Waals surface area contributed by atoms with Crippen molar-refractivity contribution >= 4 is 11.6 Å². The van der Waals surface area contributed by atoms with Gasteiger partial charge in [0.15, 0.2) is 0 Å². The normalized spacial score (nSPS) is 17.9. The first-order chi connectivity index (χ1) is 8.70. The van der Waals surface area contributed by atoms with Crippen molar-refractivity contribution in [3.8, 4) is 5.75 Å². The van der Waals surface area contributed by atoms with Crippen LogP contribution in [0.25, 0.3) is 0 Å². The van der Waals surface area contributed by atoms with E-state index in [0.717, 1.165) is 29.5 Å². The monoisotopic (exact) mass is 267 g/mol. The fraction of sp³-hybridized carbons (Fsp3) is 0.600. The van der Waals surface area contributed by atoms with Crippen LogP contribution in [0.5, 0.6) is 5.75 Å². The second kappa shape index (κ2) is 6.44. The van der Waals surface area contributed by atoms with Crippen LogP contribution in [0.15, 0.2) is 18.2 Å². The first-order valence-corrected chi connectivity index (χ1v) is 7.16. The molecule has 0 aromatic heterocycles. The molecule has 0 saturated heterocycles. The van der Waals surface area contributed by atoms with E-state index in [-0.39, 0.29) is 0 Å². The molecule has 2 N–H and O–H groups in total. The van der Waals surface area contributed by atoms with Gasteiger partial charge in [0.05, 0.1) is 7.11 Å². The van der Waals surface area contributed by atoms with Gasteiger partial charge in [0.2, 0.25) is 0 Å². The van der Waals surface area contributed by atoms with Gasteiger partial charge in [0.1, 0.15) is 5.75 Å². The topological polar surface area (TPSA) is 35.2 Å². The van der Waals surface area contributed by atoms with Crippen molar-refractivity contribution in [3.05, 3.63) is 28.8 Å². The van der Waals surface area contributed by atoms with Crippen LogP contribution >= 0.6 is 11.6 Å². The van der Waals surface area contributed by atoms with E-state index in [9.17, 15) is 0 Å². The van der Waals surface area contributed by atoms with E-state index in [2.05, 4.69) is 0 Å². The fourth-order valence-corrected chi connectivity index (χ4v) is 3.08. The molecule has 1 unspecified atom stereocenters. The van der Waals surface area contributed by atoms with Crippen molar-refractivity contribution in [1.82, 2.24) is 0 Å². The second-order valence-corrected chi connectivity index (χ2v) is 5.64. The molecule has 0 radical (unpaired) electrons. The molecule has 0 bridgehead atoms. The van der Waals surface area contributed by atoms with Gasteiger partial charge in [-0.05, 0) is 55.4 Å². The number of benzene rings is 1. The maximum Gasteiger partial charge on any atom is 0.122 e. The van der Waals surface area contributed by atoms with E-state index in [4.69, 9.17) is 22.1 Å². The highest BCUT2D eigenvalue weighted by atomic mass is 35.5. The number of hydrogen-bond acceptors (Lipinski definition) is 2. The van der Waals surface area contributed by atoms with Crippen molar-refractivity contribution < 1.29 is 4.74 Å². The Balaban J connectivity index is 1.94. The third-order valence-corrected chi connectivity index (χ3v) is 4.23. The molecule has 1 aliphatic rings. The molecule has 0 amide bonds. The number of aryl methyl sites for hydroxylation is 1. The zero-order valence-electron chi connectivity index (χ0n) is 11.0. The molecule has 18 heavy (non-hydrogen) atoms. The summed E-state index contributed by atoms with van der Waals surface area (Å²) in [5.41, 5.74) is 7.45. The van der Waals surface area contributed by atoms with Gasteiger partial charge in [-0.15, -0.1) is 0 Å². The Morgan fingerprint density at radius 2 is 2.11 bits per heavy atom. The lowest BCUT2D eigenvalue weighted by Crippen LogP contribution is -2.28. The third-order valence-electron chi connectivity index (χ3n) is 3.99. The summed E-state index contributed by atoms with van der Waals surface area (Å²) in [6, 6.07) is 6.09. The predicted molar refractivity (Wildman–Crippen MR) is 76.3 cm³/mol. The van der Waals surface area contributed by atoms with Gasteiger partial charge in [-0.25, -0.2) is 0 Å². The zero-order valence-corrected chi connectivity index (χ0v) is 11.7. The summed E-state index contributed by atoms with van der Waals surface area (Å²) in [6.45, 7) is 0. The van der Waals surface area contributed by atoms with Gasteiger partial charge < -0.3 is 10.5 Å². The summed E-state index contributed by atoms with van der Waals surface area (Å²) in [7, 11) is 1.70. The van der Waals surface area contributed by atoms with Crippen LogP contribution in [-0.2, 0) is 6.42 Å². The van der Waals surface area contributed by atoms with Crippen LogP contribution in [0, 0.1) is 5.92 Å². The van der Waals surface area contributed by atoms with Crippen molar-refractivity contribution in [2.45, 2.75) is 44.6 Å². The molecule has 2 nitrogen and oxygen atoms in total. The van der Waals surface area contributed by atoms with Gasteiger partial charge in [-0.1, -0.05) is 24.4 Å². The molecule has 2 rings (SSSR count). The Morgan fingerprint density at radius 3 is 2.78 bits per heavy atom. The quantitative estimate of drug-likeness (QED) is 0.881. The highest BCUT2D eigenvalue weighted by Crippen LogP contribution is 2.30. The van der Waals surface area contributed by atoms with E-state index in [1.165, 1.54) is 31.2 Å². The average molecular weight is 268 g/mol. The summed E-state index contributed by atoms with van der Waals surface area (Å²) in [5.74, 6) is 1.63. The Hall–Kier alpha value is -0.730. The van der Waals surface area contributed by atoms with Gasteiger partial charge in [-0.2, -0.15) is 0 Å². The van der Waals surface area contributed by atoms with Crippen molar-refractivity contribution in [2.24, 2.45) is 11.7 Å². The van der Waals surface area contributed by atoms with Crippen LogP contribution in [-0.4, -0.2) is 13.2 Å². The molecular formula is C15H22ClNO. The first kappa shape index (κ1) is 13.7. The Bertz CT molecular complexity index is 388. The lowest BCUT2D eigenvalue weighted by atomic mass is 9.93. The summed E-state index contributed by atoms with van der Waals surface area (Å²) in [6.07, 6.45) is 7.25. The van der Waals surface area contributed by atoms with Crippen LogP contribution in [0.4, 0.5) is 0 Å². The Kier molecular flexibility index (Phi) is 4.90. The maximum atomic E-state index is 6.28. The van der Waals surface area contributed by atoms with Crippen LogP contribution in [0.3, 0.4) is 0 Å². The largest absolute Gasteiger partial charge is 0.496 e. The average Bonchev–Trinajstić information content (AvgIpc) is 2.90. The maximum absolute atomic E-state index is 6.28. The van der Waals surface area contributed by atoms with Crippen molar-refractivity contribution in [2.75, 3.05) is 7.11 Å². The molecule has 1 aromatic carbocycles. The minimum absolute atomic E-state index is 0.316. The summed E-state index contributed by atoms with van der Waals surface area (Å²) < 4.78 is 5.36. The molecule has 0 spiro atoms. The minimum Gasteiger partial charge on any atom is -0.496 e. The predicted octanol–water partition coefficient (Wildman–Crippen LogP) is 3.80. The summed E-state index contributed by atoms with van der Waals surface area (Å²) >= 11 is 6.03. The SMILES string of the molecule is COc1ccc(Cl)cc1CCC(N)C1CCCC1. The molecule has 0 aliphatic heterocycles. The van der Waals surface area contributed by atoms with Crippen LogP contribution in [0.1, 0.15) is 37.7 Å². The molecule has 3 heteroatoms. The van der Waals surface area contributed by atoms with Crippen molar-refractivity contribution in [1.29, 1.82) is 0 Å². The standard InChI is InChI=1S/C15H22ClNO/c1-18-15-9-7-13(16)10-12(15)6-8-14(17)11-4-2-3-5-11/h7,9-11,14H,2-6,8,17H2,1H3. The molecule has 100 valence electrons. The van der Waals surface area contributed by atoms with Gasteiger partial charge >= 0.3 is 0 Å². The third kappa shape index (κ3) is 3.39. The van der Waals surface area contributed by atoms with E-state index < -0.39 is 0 Å². The van der Waals surface area contributed by atoms with E-state index in [1.807, 2.05) is 18.2 Å². The lowest BCUT2D eigenvalue weighted by molar-refractivity contribution is 0.394. The van der Waals surface area contributed by atoms with Crippen molar-refractivity contribution in [3.63, 3.8) is 0 Å². The number of rotatable bonds is 5. The molecule has 1 atom stereocenters. The molecule has 1 aromatic rings. The minimum atomic E-state index is 0.316. The van der Waals surface area contributed by atoms with E-state index >= 15 is 0 Å². The smallest absolute Gasteiger partial charge is 0.122 e. The first-order valence-electron chi connectivity index (χ1n) is 6.78. The van der Waals surface area contributed by atoms with Crippen LogP contribution in [0.2, 0.25) is 5.02 Å². The van der Waals surface area contributed by atoms with Gasteiger partial charge in [-0.3, -0.25) is 0 Å². The number of nitrogens with two attached hydrogens (primary N) is 1. The Labute approximate surface area is 114 Å². The molecule has 0 heterocycles. The second-order valence-electron chi connectivity index (χ2n) is 5.20. The zero-order chi connectivity index (χ0) is 13.0. The molecule has 1 aliphatic carbocycles. The van der Waals surface area contributed by atoms with Crippen LogP contribution < -0.4 is 10.5 Å². The number of halogens is 1. The lowest BCUT2D eigenvalue weighted by Gasteiger charge is -2.19.